The van der Waals surface area contributed by atoms with Crippen LogP contribution in [0.1, 0.15) is 5.56 Å². The maximum absolute atomic E-state index is 13.3. The number of amides is 1. The van der Waals surface area contributed by atoms with Crippen molar-refractivity contribution < 1.29 is 18.3 Å². The lowest BCUT2D eigenvalue weighted by molar-refractivity contribution is -0.116. The number of para-hydroxylation sites is 1. The third-order valence-electron chi connectivity index (χ3n) is 4.92. The van der Waals surface area contributed by atoms with Gasteiger partial charge in [-0.15, -0.1) is 10.2 Å². The summed E-state index contributed by atoms with van der Waals surface area (Å²) in [6, 6.07) is 19.4. The predicted octanol–water partition coefficient (Wildman–Crippen LogP) is 5.34. The standard InChI is InChI=1S/C23H19ClN4O4S/c1-15-6-10-17(11-7-15)28(33(31,32)18-12-8-16(24)9-13-18)14-21(29)26-27-22-19-4-2-3-5-20(19)25-23(22)30/h2-13,25,30H,14H2,1H3. The topological polar surface area (TPSA) is 115 Å². The van der Waals surface area contributed by atoms with Gasteiger partial charge in [-0.25, -0.2) is 8.42 Å². The summed E-state index contributed by atoms with van der Waals surface area (Å²) in [5.41, 5.74) is 1.96. The second-order valence-corrected chi connectivity index (χ2v) is 9.56. The number of halogens is 1. The molecule has 0 unspecified atom stereocenters. The van der Waals surface area contributed by atoms with Crippen LogP contribution in [-0.2, 0) is 14.8 Å². The smallest absolute Gasteiger partial charge is 0.285 e. The monoisotopic (exact) mass is 482 g/mol. The second kappa shape index (κ2) is 9.05. The van der Waals surface area contributed by atoms with Crippen LogP contribution in [0.5, 0.6) is 5.88 Å². The Morgan fingerprint density at radius 1 is 1.03 bits per heavy atom. The minimum Gasteiger partial charge on any atom is -0.493 e. The van der Waals surface area contributed by atoms with E-state index in [1.54, 1.807) is 48.5 Å². The SMILES string of the molecule is Cc1ccc(N(CC(=O)N=Nc2c(O)[nH]c3ccccc23)S(=O)(=O)c2ccc(Cl)cc2)cc1. The van der Waals surface area contributed by atoms with Crippen molar-refractivity contribution in [2.24, 2.45) is 10.2 Å². The molecule has 10 heteroatoms. The van der Waals surface area contributed by atoms with Crippen molar-refractivity contribution in [2.45, 2.75) is 11.8 Å². The molecule has 0 spiro atoms. The molecule has 8 nitrogen and oxygen atoms in total. The lowest BCUT2D eigenvalue weighted by atomic mass is 10.2. The van der Waals surface area contributed by atoms with Gasteiger partial charge in [0.1, 0.15) is 6.54 Å². The van der Waals surface area contributed by atoms with E-state index in [1.807, 2.05) is 6.92 Å². The summed E-state index contributed by atoms with van der Waals surface area (Å²) in [5.74, 6) is -1.05. The van der Waals surface area contributed by atoms with E-state index in [4.69, 9.17) is 11.6 Å². The molecule has 168 valence electrons. The van der Waals surface area contributed by atoms with Crippen LogP contribution in [0.3, 0.4) is 0 Å². The van der Waals surface area contributed by atoms with Crippen LogP contribution >= 0.6 is 11.6 Å². The molecule has 0 saturated heterocycles. The number of aryl methyl sites for hydroxylation is 1. The minimum absolute atomic E-state index is 0.0218. The minimum atomic E-state index is -4.10. The molecule has 4 rings (SSSR count). The predicted molar refractivity (Wildman–Crippen MR) is 127 cm³/mol. The summed E-state index contributed by atoms with van der Waals surface area (Å²) >= 11 is 5.89. The van der Waals surface area contributed by atoms with Crippen LogP contribution in [0, 0.1) is 6.92 Å². The van der Waals surface area contributed by atoms with Gasteiger partial charge in [-0.05, 0) is 49.4 Å². The van der Waals surface area contributed by atoms with Gasteiger partial charge in [-0.1, -0.05) is 47.5 Å². The van der Waals surface area contributed by atoms with Gasteiger partial charge >= 0.3 is 0 Å². The molecular weight excluding hydrogens is 464 g/mol. The number of azo groups is 1. The molecule has 0 fully saturated rings. The number of fused-ring (bicyclic) bond motifs is 1. The van der Waals surface area contributed by atoms with E-state index in [0.717, 1.165) is 9.87 Å². The highest BCUT2D eigenvalue weighted by molar-refractivity contribution is 7.92. The first-order chi connectivity index (χ1) is 15.8. The first-order valence-electron chi connectivity index (χ1n) is 9.85. The summed E-state index contributed by atoms with van der Waals surface area (Å²) in [4.78, 5) is 15.4. The molecular formula is C23H19ClN4O4S. The van der Waals surface area contributed by atoms with Gasteiger partial charge in [-0.3, -0.25) is 9.10 Å². The molecule has 0 saturated carbocycles. The molecule has 0 radical (unpaired) electrons. The zero-order valence-corrected chi connectivity index (χ0v) is 19.0. The molecule has 1 aromatic heterocycles. The van der Waals surface area contributed by atoms with Crippen LogP contribution in [0.4, 0.5) is 11.4 Å². The zero-order valence-electron chi connectivity index (χ0n) is 17.4. The summed E-state index contributed by atoms with van der Waals surface area (Å²) in [6.45, 7) is 1.29. The number of hydrogen-bond acceptors (Lipinski definition) is 5. The highest BCUT2D eigenvalue weighted by Gasteiger charge is 2.27. The second-order valence-electron chi connectivity index (χ2n) is 7.26. The maximum atomic E-state index is 13.3. The molecule has 0 atom stereocenters. The van der Waals surface area contributed by atoms with Crippen molar-refractivity contribution in [1.82, 2.24) is 4.98 Å². The Morgan fingerprint density at radius 3 is 2.39 bits per heavy atom. The van der Waals surface area contributed by atoms with Crippen LogP contribution < -0.4 is 4.31 Å². The highest BCUT2D eigenvalue weighted by atomic mass is 35.5. The Morgan fingerprint density at radius 2 is 1.70 bits per heavy atom. The van der Waals surface area contributed by atoms with E-state index >= 15 is 0 Å². The molecule has 0 aliphatic rings. The third-order valence-corrected chi connectivity index (χ3v) is 6.96. The van der Waals surface area contributed by atoms with E-state index in [2.05, 4.69) is 15.2 Å². The van der Waals surface area contributed by atoms with Gasteiger partial charge in [-0.2, -0.15) is 0 Å². The fourth-order valence-corrected chi connectivity index (χ4v) is 4.77. The zero-order chi connectivity index (χ0) is 23.6. The fraction of sp³-hybridized carbons (Fsp3) is 0.0870. The Balaban J connectivity index is 1.67. The molecule has 0 aliphatic carbocycles. The number of benzene rings is 3. The Hall–Kier alpha value is -3.69. The Bertz CT molecular complexity index is 1450. The normalized spacial score (nSPS) is 11.8. The van der Waals surface area contributed by atoms with Crippen molar-refractivity contribution in [3.8, 4) is 5.88 Å². The van der Waals surface area contributed by atoms with Crippen molar-refractivity contribution in [2.75, 3.05) is 10.8 Å². The summed E-state index contributed by atoms with van der Waals surface area (Å²) < 4.78 is 27.6. The lowest BCUT2D eigenvalue weighted by Crippen LogP contribution is -2.35. The van der Waals surface area contributed by atoms with E-state index in [9.17, 15) is 18.3 Å². The van der Waals surface area contributed by atoms with E-state index in [0.29, 0.717) is 21.6 Å². The number of aromatic nitrogens is 1. The summed E-state index contributed by atoms with van der Waals surface area (Å²) in [7, 11) is -4.10. The number of anilines is 1. The number of aromatic hydroxyl groups is 1. The average molecular weight is 483 g/mol. The molecule has 2 N–H and O–H groups in total. The van der Waals surface area contributed by atoms with Gasteiger partial charge in [0.25, 0.3) is 15.9 Å². The number of carbonyl (C=O) groups excluding carboxylic acids is 1. The lowest BCUT2D eigenvalue weighted by Gasteiger charge is -2.23. The van der Waals surface area contributed by atoms with Crippen LogP contribution in [0.15, 0.2) is 87.9 Å². The number of sulfonamides is 1. The van der Waals surface area contributed by atoms with Crippen LogP contribution in [-0.4, -0.2) is 31.0 Å². The van der Waals surface area contributed by atoms with Crippen molar-refractivity contribution in [1.29, 1.82) is 0 Å². The largest absolute Gasteiger partial charge is 0.493 e. The molecule has 1 amide bonds. The highest BCUT2D eigenvalue weighted by Crippen LogP contribution is 2.35. The Labute approximate surface area is 195 Å². The van der Waals surface area contributed by atoms with Crippen molar-refractivity contribution in [3.05, 3.63) is 83.4 Å². The average Bonchev–Trinajstić information content (AvgIpc) is 3.12. The van der Waals surface area contributed by atoms with Crippen LogP contribution in [0.2, 0.25) is 5.02 Å². The molecule has 33 heavy (non-hydrogen) atoms. The van der Waals surface area contributed by atoms with E-state index in [1.165, 1.54) is 24.3 Å². The molecule has 0 bridgehead atoms. The molecule has 4 aromatic rings. The molecule has 3 aromatic carbocycles. The first-order valence-corrected chi connectivity index (χ1v) is 11.7. The van der Waals surface area contributed by atoms with Crippen LogP contribution in [0.25, 0.3) is 10.9 Å². The number of carbonyl (C=O) groups is 1. The maximum Gasteiger partial charge on any atom is 0.285 e. The Kier molecular flexibility index (Phi) is 6.17. The van der Waals surface area contributed by atoms with Gasteiger partial charge in [0.15, 0.2) is 5.69 Å². The molecule has 0 aliphatic heterocycles. The van der Waals surface area contributed by atoms with E-state index < -0.39 is 22.5 Å². The number of H-pyrrole nitrogens is 1. The number of aromatic amines is 1. The summed E-state index contributed by atoms with van der Waals surface area (Å²) in [5, 5.41) is 18.6. The summed E-state index contributed by atoms with van der Waals surface area (Å²) in [6.07, 6.45) is 0. The quantitative estimate of drug-likeness (QED) is 0.361. The molecule has 1 heterocycles. The van der Waals surface area contributed by atoms with Gasteiger partial charge in [0, 0.05) is 10.4 Å². The third kappa shape index (κ3) is 4.74. The van der Waals surface area contributed by atoms with Gasteiger partial charge in [0.2, 0.25) is 5.88 Å². The fourth-order valence-electron chi connectivity index (χ4n) is 3.23. The van der Waals surface area contributed by atoms with Gasteiger partial charge < -0.3 is 10.1 Å². The number of nitrogens with one attached hydrogen (secondary N) is 1. The van der Waals surface area contributed by atoms with Crippen molar-refractivity contribution >= 4 is 49.8 Å². The number of nitrogens with zero attached hydrogens (tertiary/aromatic N) is 3. The van der Waals surface area contributed by atoms with Crippen molar-refractivity contribution in [3.63, 3.8) is 0 Å². The number of rotatable bonds is 6. The van der Waals surface area contributed by atoms with E-state index in [-0.39, 0.29) is 16.5 Å². The first kappa shape index (κ1) is 22.5. The van der Waals surface area contributed by atoms with Gasteiger partial charge in [0.05, 0.1) is 16.1 Å². The number of hydrogen-bond donors (Lipinski definition) is 2.